The fourth-order valence-electron chi connectivity index (χ4n) is 1.79. The topological polar surface area (TPSA) is 29.9 Å². The van der Waals surface area contributed by atoms with Crippen LogP contribution in [0.2, 0.25) is 0 Å². The minimum absolute atomic E-state index is 0.587. The first kappa shape index (κ1) is 9.90. The van der Waals surface area contributed by atoms with Crippen LogP contribution in [0.5, 0.6) is 0 Å². The van der Waals surface area contributed by atoms with Gasteiger partial charge in [0.05, 0.1) is 0 Å². The molecule has 1 aliphatic rings. The van der Waals surface area contributed by atoms with Crippen molar-refractivity contribution >= 4 is 17.6 Å². The molecule has 2 atom stereocenters. The molecule has 3 nitrogen and oxygen atoms in total. The largest absolute Gasteiger partial charge is 0.365 e. The summed E-state index contributed by atoms with van der Waals surface area (Å²) in [5.74, 6) is 2.31. The molecule has 14 heavy (non-hydrogen) atoms. The molecular formula is C10H17N3S. The van der Waals surface area contributed by atoms with Crippen molar-refractivity contribution in [3.63, 3.8) is 0 Å². The number of nitrogens with one attached hydrogen (secondary N) is 1. The first-order chi connectivity index (χ1) is 6.75. The monoisotopic (exact) mass is 211 g/mol. The molecule has 1 N–H and O–H groups in total. The lowest BCUT2D eigenvalue weighted by atomic mass is 10.1. The van der Waals surface area contributed by atoms with Gasteiger partial charge in [0.2, 0.25) is 0 Å². The minimum Gasteiger partial charge on any atom is -0.365 e. The van der Waals surface area contributed by atoms with E-state index in [1.165, 1.54) is 18.6 Å². The van der Waals surface area contributed by atoms with Crippen LogP contribution in [0.15, 0.2) is 12.3 Å². The zero-order valence-electron chi connectivity index (χ0n) is 8.73. The number of rotatable bonds is 2. The van der Waals surface area contributed by atoms with Crippen LogP contribution in [-0.4, -0.2) is 26.8 Å². The van der Waals surface area contributed by atoms with Crippen molar-refractivity contribution in [2.45, 2.75) is 31.1 Å². The summed E-state index contributed by atoms with van der Waals surface area (Å²) in [6, 6.07) is 2.62. The Morgan fingerprint density at radius 3 is 3.14 bits per heavy atom. The third kappa shape index (κ3) is 2.23. The normalized spacial score (nSPS) is 27.6. The highest BCUT2D eigenvalue weighted by atomic mass is 32.2. The number of hydrogen-bond donors (Lipinski definition) is 1. The number of nitrogens with zero attached hydrogens (tertiary/aromatic N) is 2. The lowest BCUT2D eigenvalue weighted by Gasteiger charge is -2.28. The Morgan fingerprint density at radius 2 is 2.50 bits per heavy atom. The van der Waals surface area contributed by atoms with Gasteiger partial charge in [-0.3, -0.25) is 4.68 Å². The predicted octanol–water partition coefficient (Wildman–Crippen LogP) is 2.12. The summed E-state index contributed by atoms with van der Waals surface area (Å²) in [5.41, 5.74) is 0. The highest BCUT2D eigenvalue weighted by molar-refractivity contribution is 7.99. The molecule has 1 fully saturated rings. The predicted molar refractivity (Wildman–Crippen MR) is 61.8 cm³/mol. The first-order valence-electron chi connectivity index (χ1n) is 5.13. The standard InChI is InChI=1S/C10H17N3S/c1-8-9(4-3-7-14-8)11-10-5-6-13(2)12-10/h5-6,8-9H,3-4,7H2,1-2H3,(H,11,12). The average molecular weight is 211 g/mol. The Labute approximate surface area is 89.3 Å². The highest BCUT2D eigenvalue weighted by Crippen LogP contribution is 2.27. The van der Waals surface area contributed by atoms with Crippen LogP contribution in [0, 0.1) is 0 Å². The van der Waals surface area contributed by atoms with Gasteiger partial charge in [0.1, 0.15) is 5.82 Å². The molecule has 1 aliphatic heterocycles. The zero-order chi connectivity index (χ0) is 9.97. The summed E-state index contributed by atoms with van der Waals surface area (Å²) >= 11 is 2.06. The molecule has 78 valence electrons. The lowest BCUT2D eigenvalue weighted by molar-refractivity contribution is 0.613. The quantitative estimate of drug-likeness (QED) is 0.812. The van der Waals surface area contributed by atoms with E-state index in [9.17, 15) is 0 Å². The molecule has 0 bridgehead atoms. The van der Waals surface area contributed by atoms with E-state index in [0.717, 1.165) is 5.82 Å². The molecule has 1 aromatic heterocycles. The van der Waals surface area contributed by atoms with Gasteiger partial charge in [-0.15, -0.1) is 0 Å². The van der Waals surface area contributed by atoms with Gasteiger partial charge >= 0.3 is 0 Å². The molecule has 1 aromatic rings. The van der Waals surface area contributed by atoms with Gasteiger partial charge in [0.15, 0.2) is 0 Å². The van der Waals surface area contributed by atoms with Gasteiger partial charge in [-0.1, -0.05) is 6.92 Å². The van der Waals surface area contributed by atoms with E-state index in [-0.39, 0.29) is 0 Å². The SMILES string of the molecule is CC1SCCCC1Nc1ccn(C)n1. The molecule has 0 spiro atoms. The van der Waals surface area contributed by atoms with Crippen molar-refractivity contribution in [1.29, 1.82) is 0 Å². The van der Waals surface area contributed by atoms with Crippen LogP contribution in [0.1, 0.15) is 19.8 Å². The summed E-state index contributed by atoms with van der Waals surface area (Å²) in [7, 11) is 1.95. The summed E-state index contributed by atoms with van der Waals surface area (Å²) in [6.07, 6.45) is 4.56. The van der Waals surface area contributed by atoms with Crippen molar-refractivity contribution in [2.24, 2.45) is 7.05 Å². The van der Waals surface area contributed by atoms with Crippen molar-refractivity contribution in [2.75, 3.05) is 11.1 Å². The third-order valence-corrected chi connectivity index (χ3v) is 4.03. The molecule has 1 saturated heterocycles. The van der Waals surface area contributed by atoms with E-state index in [1.54, 1.807) is 0 Å². The summed E-state index contributed by atoms with van der Waals surface area (Å²) in [5, 5.41) is 8.53. The van der Waals surface area contributed by atoms with Gasteiger partial charge in [-0.05, 0) is 18.6 Å². The van der Waals surface area contributed by atoms with Crippen LogP contribution in [0.3, 0.4) is 0 Å². The van der Waals surface area contributed by atoms with Crippen molar-refractivity contribution in [1.82, 2.24) is 9.78 Å². The number of aryl methyl sites for hydroxylation is 1. The molecule has 0 aliphatic carbocycles. The van der Waals surface area contributed by atoms with Crippen LogP contribution in [0.4, 0.5) is 5.82 Å². The Bertz CT molecular complexity index is 297. The van der Waals surface area contributed by atoms with Gasteiger partial charge < -0.3 is 5.32 Å². The number of aromatic nitrogens is 2. The maximum Gasteiger partial charge on any atom is 0.148 e. The maximum absolute atomic E-state index is 4.34. The molecule has 2 heterocycles. The molecule has 0 saturated carbocycles. The van der Waals surface area contributed by atoms with Crippen LogP contribution >= 0.6 is 11.8 Å². The van der Waals surface area contributed by atoms with Crippen molar-refractivity contribution < 1.29 is 0 Å². The molecule has 0 aromatic carbocycles. The van der Waals surface area contributed by atoms with E-state index < -0.39 is 0 Å². The number of anilines is 1. The Morgan fingerprint density at radius 1 is 1.64 bits per heavy atom. The Hall–Kier alpha value is -0.640. The second-order valence-electron chi connectivity index (χ2n) is 3.84. The highest BCUT2D eigenvalue weighted by Gasteiger charge is 2.21. The van der Waals surface area contributed by atoms with E-state index in [0.29, 0.717) is 11.3 Å². The molecule has 2 unspecified atom stereocenters. The maximum atomic E-state index is 4.34. The van der Waals surface area contributed by atoms with E-state index >= 15 is 0 Å². The lowest BCUT2D eigenvalue weighted by Crippen LogP contribution is -2.32. The van der Waals surface area contributed by atoms with Gasteiger partial charge in [0, 0.05) is 30.6 Å². The second kappa shape index (κ2) is 4.26. The Balaban J connectivity index is 1.95. The third-order valence-electron chi connectivity index (χ3n) is 2.65. The van der Waals surface area contributed by atoms with Crippen LogP contribution in [0.25, 0.3) is 0 Å². The summed E-state index contributed by atoms with van der Waals surface area (Å²) < 4.78 is 1.84. The molecule has 0 radical (unpaired) electrons. The summed E-state index contributed by atoms with van der Waals surface area (Å²) in [6.45, 7) is 2.30. The smallest absolute Gasteiger partial charge is 0.148 e. The second-order valence-corrected chi connectivity index (χ2v) is 5.33. The fraction of sp³-hybridized carbons (Fsp3) is 0.700. The van der Waals surface area contributed by atoms with E-state index in [2.05, 4.69) is 29.1 Å². The van der Waals surface area contributed by atoms with Crippen LogP contribution < -0.4 is 5.32 Å². The van der Waals surface area contributed by atoms with E-state index in [4.69, 9.17) is 0 Å². The van der Waals surface area contributed by atoms with Crippen LogP contribution in [-0.2, 0) is 7.05 Å². The minimum atomic E-state index is 0.587. The number of thioether (sulfide) groups is 1. The molecular weight excluding hydrogens is 194 g/mol. The van der Waals surface area contributed by atoms with E-state index in [1.807, 2.05) is 24.0 Å². The van der Waals surface area contributed by atoms with Crippen molar-refractivity contribution in [3.8, 4) is 0 Å². The van der Waals surface area contributed by atoms with Gasteiger partial charge in [-0.25, -0.2) is 0 Å². The zero-order valence-corrected chi connectivity index (χ0v) is 9.55. The first-order valence-corrected chi connectivity index (χ1v) is 6.18. The number of hydrogen-bond acceptors (Lipinski definition) is 3. The average Bonchev–Trinajstić information content (AvgIpc) is 2.56. The van der Waals surface area contributed by atoms with Crippen molar-refractivity contribution in [3.05, 3.63) is 12.3 Å². The fourth-order valence-corrected chi connectivity index (χ4v) is 2.94. The Kier molecular flexibility index (Phi) is 3.01. The molecule has 4 heteroatoms. The molecule has 2 rings (SSSR count). The molecule has 0 amide bonds. The van der Waals surface area contributed by atoms with Gasteiger partial charge in [0.25, 0.3) is 0 Å². The summed E-state index contributed by atoms with van der Waals surface area (Å²) in [4.78, 5) is 0. The van der Waals surface area contributed by atoms with Gasteiger partial charge in [-0.2, -0.15) is 16.9 Å².